The minimum absolute atomic E-state index is 0.0697. The molecule has 0 aliphatic heterocycles. The number of benzene rings is 1. The van der Waals surface area contributed by atoms with Crippen LogP contribution in [0.15, 0.2) is 40.8 Å². The van der Waals surface area contributed by atoms with Crippen molar-refractivity contribution < 1.29 is 9.59 Å². The van der Waals surface area contributed by atoms with Crippen molar-refractivity contribution in [2.75, 3.05) is 5.32 Å². The Balaban J connectivity index is 1.74. The predicted molar refractivity (Wildman–Crippen MR) is 94.1 cm³/mol. The molecule has 0 radical (unpaired) electrons. The van der Waals surface area contributed by atoms with Crippen LogP contribution in [0, 0.1) is 6.92 Å². The minimum atomic E-state index is -0.305. The van der Waals surface area contributed by atoms with E-state index in [1.54, 1.807) is 24.4 Å². The predicted octanol–water partition coefficient (Wildman–Crippen LogP) is 3.58. The number of amides is 2. The highest BCUT2D eigenvalue weighted by Gasteiger charge is 2.08. The fraction of sp³-hybridized carbons (Fsp3) is 0.188. The largest absolute Gasteiger partial charge is 0.326 e. The quantitative estimate of drug-likeness (QED) is 0.618. The van der Waals surface area contributed by atoms with Crippen LogP contribution in [0.2, 0.25) is 5.02 Å². The van der Waals surface area contributed by atoms with Gasteiger partial charge in [-0.1, -0.05) is 17.7 Å². The molecule has 0 spiro atoms. The topological polar surface area (TPSA) is 70.6 Å². The second-order valence-electron chi connectivity index (χ2n) is 4.82. The van der Waals surface area contributed by atoms with Gasteiger partial charge in [0.05, 0.1) is 6.21 Å². The summed E-state index contributed by atoms with van der Waals surface area (Å²) in [4.78, 5) is 24.4. The highest BCUT2D eigenvalue weighted by molar-refractivity contribution is 7.11. The molecule has 1 aromatic heterocycles. The molecule has 0 fully saturated rings. The number of nitrogens with zero attached hydrogens (tertiary/aromatic N) is 1. The molecule has 120 valence electrons. The minimum Gasteiger partial charge on any atom is -0.326 e. The molecule has 0 aliphatic carbocycles. The number of hydrogen-bond acceptors (Lipinski definition) is 4. The molecule has 5 nitrogen and oxygen atoms in total. The SMILES string of the molecule is Cc1cc(Cl)ccc1NC(=O)CCC(=O)N/N=C/c1cccs1. The van der Waals surface area contributed by atoms with Gasteiger partial charge in [-0.15, -0.1) is 11.3 Å². The number of carbonyl (C=O) groups excluding carboxylic acids is 2. The van der Waals surface area contributed by atoms with Gasteiger partial charge in [-0.2, -0.15) is 5.10 Å². The third-order valence-corrected chi connectivity index (χ3v) is 4.01. The molecular formula is C16H16ClN3O2S. The molecule has 0 aliphatic rings. The van der Waals surface area contributed by atoms with Crippen LogP contribution in [-0.2, 0) is 9.59 Å². The van der Waals surface area contributed by atoms with E-state index in [2.05, 4.69) is 15.8 Å². The lowest BCUT2D eigenvalue weighted by molar-refractivity contribution is -0.124. The van der Waals surface area contributed by atoms with Gasteiger partial charge in [0.25, 0.3) is 0 Å². The second-order valence-corrected chi connectivity index (χ2v) is 6.23. The molecule has 2 aromatic rings. The average Bonchev–Trinajstić information content (AvgIpc) is 3.01. The Morgan fingerprint density at radius 1 is 1.26 bits per heavy atom. The molecule has 23 heavy (non-hydrogen) atoms. The lowest BCUT2D eigenvalue weighted by Crippen LogP contribution is -2.20. The zero-order valence-electron chi connectivity index (χ0n) is 12.5. The molecule has 0 saturated carbocycles. The molecule has 7 heteroatoms. The third kappa shape index (κ3) is 5.84. The zero-order chi connectivity index (χ0) is 16.7. The third-order valence-electron chi connectivity index (χ3n) is 2.97. The van der Waals surface area contributed by atoms with E-state index >= 15 is 0 Å². The molecule has 0 bridgehead atoms. The van der Waals surface area contributed by atoms with Crippen LogP contribution < -0.4 is 10.7 Å². The molecule has 0 atom stereocenters. The summed E-state index contributed by atoms with van der Waals surface area (Å²) in [5, 5.41) is 9.13. The van der Waals surface area contributed by atoms with Gasteiger partial charge in [0.15, 0.2) is 0 Å². The number of nitrogens with one attached hydrogen (secondary N) is 2. The molecule has 1 aromatic carbocycles. The number of aryl methyl sites for hydroxylation is 1. The first kappa shape index (κ1) is 17.2. The summed E-state index contributed by atoms with van der Waals surface area (Å²) in [7, 11) is 0. The van der Waals surface area contributed by atoms with Crippen molar-refractivity contribution in [3.8, 4) is 0 Å². The monoisotopic (exact) mass is 349 g/mol. The van der Waals surface area contributed by atoms with Crippen LogP contribution in [0.4, 0.5) is 5.69 Å². The van der Waals surface area contributed by atoms with E-state index in [0.29, 0.717) is 10.7 Å². The molecule has 0 saturated heterocycles. The lowest BCUT2D eigenvalue weighted by atomic mass is 10.2. The number of thiophene rings is 1. The fourth-order valence-electron chi connectivity index (χ4n) is 1.80. The van der Waals surface area contributed by atoms with E-state index in [9.17, 15) is 9.59 Å². The first-order chi connectivity index (χ1) is 11.0. The normalized spacial score (nSPS) is 10.7. The van der Waals surface area contributed by atoms with Crippen LogP contribution in [0.1, 0.15) is 23.3 Å². The van der Waals surface area contributed by atoms with Crippen molar-refractivity contribution in [3.63, 3.8) is 0 Å². The summed E-state index contributed by atoms with van der Waals surface area (Å²) < 4.78 is 0. The summed E-state index contributed by atoms with van der Waals surface area (Å²) in [6.07, 6.45) is 1.72. The van der Waals surface area contributed by atoms with Crippen LogP contribution in [0.5, 0.6) is 0 Å². The maximum atomic E-state index is 11.9. The number of hydrazone groups is 1. The van der Waals surface area contributed by atoms with E-state index in [-0.39, 0.29) is 24.7 Å². The smallest absolute Gasteiger partial charge is 0.240 e. The van der Waals surface area contributed by atoms with Crippen LogP contribution in [-0.4, -0.2) is 18.0 Å². The summed E-state index contributed by atoms with van der Waals surface area (Å²) in [5.74, 6) is -0.534. The van der Waals surface area contributed by atoms with E-state index in [1.807, 2.05) is 24.4 Å². The Bertz CT molecular complexity index is 714. The van der Waals surface area contributed by atoms with E-state index < -0.39 is 0 Å². The Labute approximate surface area is 143 Å². The maximum absolute atomic E-state index is 11.9. The van der Waals surface area contributed by atoms with Gasteiger partial charge < -0.3 is 5.32 Å². The number of rotatable bonds is 6. The van der Waals surface area contributed by atoms with Gasteiger partial charge in [0.1, 0.15) is 0 Å². The fourth-order valence-corrected chi connectivity index (χ4v) is 2.61. The second kappa shape index (κ2) is 8.45. The summed E-state index contributed by atoms with van der Waals surface area (Å²) in [6, 6.07) is 9.00. The Morgan fingerprint density at radius 2 is 2.04 bits per heavy atom. The van der Waals surface area contributed by atoms with Gasteiger partial charge >= 0.3 is 0 Å². The summed E-state index contributed by atoms with van der Waals surface area (Å²) >= 11 is 7.39. The van der Waals surface area contributed by atoms with Crippen LogP contribution >= 0.6 is 22.9 Å². The van der Waals surface area contributed by atoms with Crippen molar-refractivity contribution in [1.82, 2.24) is 5.43 Å². The van der Waals surface area contributed by atoms with Crippen LogP contribution in [0.25, 0.3) is 0 Å². The standard InChI is InChI=1S/C16H16ClN3O2S/c1-11-9-12(17)4-5-14(11)19-15(21)6-7-16(22)20-18-10-13-3-2-8-23-13/h2-5,8-10H,6-7H2,1H3,(H,19,21)(H,20,22)/b18-10+. The van der Waals surface area contributed by atoms with Gasteiger partial charge in [0.2, 0.25) is 11.8 Å². The lowest BCUT2D eigenvalue weighted by Gasteiger charge is -2.08. The van der Waals surface area contributed by atoms with Gasteiger partial charge in [-0.05, 0) is 42.1 Å². The molecule has 2 N–H and O–H groups in total. The molecule has 2 rings (SSSR count). The van der Waals surface area contributed by atoms with Gasteiger partial charge in [-0.3, -0.25) is 9.59 Å². The number of carbonyl (C=O) groups is 2. The summed E-state index contributed by atoms with van der Waals surface area (Å²) in [5.41, 5.74) is 3.96. The Morgan fingerprint density at radius 3 is 2.74 bits per heavy atom. The van der Waals surface area contributed by atoms with Crippen LogP contribution in [0.3, 0.4) is 0 Å². The summed E-state index contributed by atoms with van der Waals surface area (Å²) in [6.45, 7) is 1.85. The first-order valence-corrected chi connectivity index (χ1v) is 8.22. The number of anilines is 1. The average molecular weight is 350 g/mol. The van der Waals surface area contributed by atoms with E-state index in [4.69, 9.17) is 11.6 Å². The molecular weight excluding hydrogens is 334 g/mol. The van der Waals surface area contributed by atoms with Crippen molar-refractivity contribution in [1.29, 1.82) is 0 Å². The highest BCUT2D eigenvalue weighted by atomic mass is 35.5. The number of hydrogen-bond donors (Lipinski definition) is 2. The molecule has 1 heterocycles. The van der Waals surface area contributed by atoms with E-state index in [0.717, 1.165) is 10.4 Å². The van der Waals surface area contributed by atoms with E-state index in [1.165, 1.54) is 11.3 Å². The van der Waals surface area contributed by atoms with Gasteiger partial charge in [-0.25, -0.2) is 5.43 Å². The highest BCUT2D eigenvalue weighted by Crippen LogP contribution is 2.19. The van der Waals surface area contributed by atoms with Crippen molar-refractivity contribution in [2.24, 2.45) is 5.10 Å². The molecule has 2 amide bonds. The van der Waals surface area contributed by atoms with Crippen molar-refractivity contribution >= 4 is 46.7 Å². The van der Waals surface area contributed by atoms with Crippen molar-refractivity contribution in [3.05, 3.63) is 51.2 Å². The molecule has 0 unspecified atom stereocenters. The van der Waals surface area contributed by atoms with Crippen molar-refractivity contribution in [2.45, 2.75) is 19.8 Å². The zero-order valence-corrected chi connectivity index (χ0v) is 14.1. The Kier molecular flexibility index (Phi) is 6.31. The van der Waals surface area contributed by atoms with Gasteiger partial charge in [0, 0.05) is 28.4 Å². The number of halogens is 1. The Hall–Kier alpha value is -2.18. The maximum Gasteiger partial charge on any atom is 0.240 e. The first-order valence-electron chi connectivity index (χ1n) is 6.96.